The number of carbonyl (C=O) groups excluding carboxylic acids is 1. The lowest BCUT2D eigenvalue weighted by Crippen LogP contribution is -2.27. The number of rotatable bonds is 6. The van der Waals surface area contributed by atoms with Gasteiger partial charge >= 0.3 is 0 Å². The van der Waals surface area contributed by atoms with Gasteiger partial charge in [-0.15, -0.1) is 6.58 Å². The van der Waals surface area contributed by atoms with Crippen molar-refractivity contribution in [1.29, 1.82) is 0 Å². The number of hydrogen-bond donors (Lipinski definition) is 1. The average molecular weight is 282 g/mol. The van der Waals surface area contributed by atoms with Gasteiger partial charge in [0.1, 0.15) is 11.5 Å². The second-order valence-corrected chi connectivity index (χ2v) is 4.60. The Morgan fingerprint density at radius 2 is 2.05 bits per heavy atom. The number of anilines is 1. The maximum Gasteiger partial charge on any atom is 0.274 e. The van der Waals surface area contributed by atoms with Crippen LogP contribution in [0.25, 0.3) is 0 Å². The molecule has 2 aromatic rings. The largest absolute Gasteiger partial charge is 0.365 e. The van der Waals surface area contributed by atoms with Crippen LogP contribution in [-0.2, 0) is 6.54 Å². The first-order chi connectivity index (χ1) is 10.2. The highest BCUT2D eigenvalue weighted by Gasteiger charge is 2.13. The van der Waals surface area contributed by atoms with Crippen molar-refractivity contribution in [2.75, 3.05) is 18.9 Å². The monoisotopic (exact) mass is 282 g/mol. The van der Waals surface area contributed by atoms with Crippen LogP contribution in [0.5, 0.6) is 0 Å². The van der Waals surface area contributed by atoms with E-state index in [9.17, 15) is 4.79 Å². The summed E-state index contributed by atoms with van der Waals surface area (Å²) >= 11 is 0. The van der Waals surface area contributed by atoms with Crippen molar-refractivity contribution < 1.29 is 4.79 Å². The third-order valence-corrected chi connectivity index (χ3v) is 2.91. The van der Waals surface area contributed by atoms with E-state index in [4.69, 9.17) is 0 Å². The summed E-state index contributed by atoms with van der Waals surface area (Å²) in [4.78, 5) is 22.2. The van der Waals surface area contributed by atoms with E-state index in [2.05, 4.69) is 21.9 Å². The Balaban J connectivity index is 2.00. The van der Waals surface area contributed by atoms with Crippen LogP contribution in [-0.4, -0.2) is 34.4 Å². The highest BCUT2D eigenvalue weighted by molar-refractivity contribution is 5.91. The van der Waals surface area contributed by atoms with E-state index >= 15 is 0 Å². The van der Waals surface area contributed by atoms with Crippen molar-refractivity contribution in [3.05, 3.63) is 66.6 Å². The minimum atomic E-state index is -0.151. The fourth-order valence-electron chi connectivity index (χ4n) is 1.83. The van der Waals surface area contributed by atoms with Crippen LogP contribution in [0.2, 0.25) is 0 Å². The molecule has 1 aromatic carbocycles. The first-order valence-corrected chi connectivity index (χ1v) is 6.67. The number of amides is 1. The molecular weight excluding hydrogens is 264 g/mol. The number of nitrogens with one attached hydrogen (secondary N) is 1. The molecule has 0 atom stereocenters. The Morgan fingerprint density at radius 3 is 2.67 bits per heavy atom. The predicted molar refractivity (Wildman–Crippen MR) is 83.0 cm³/mol. The van der Waals surface area contributed by atoms with Crippen LogP contribution < -0.4 is 5.32 Å². The van der Waals surface area contributed by atoms with Gasteiger partial charge in [-0.05, 0) is 5.56 Å². The van der Waals surface area contributed by atoms with Gasteiger partial charge in [0.15, 0.2) is 0 Å². The summed E-state index contributed by atoms with van der Waals surface area (Å²) < 4.78 is 0. The third-order valence-electron chi connectivity index (χ3n) is 2.91. The molecule has 0 bridgehead atoms. The van der Waals surface area contributed by atoms with Gasteiger partial charge in [0, 0.05) is 20.1 Å². The maximum absolute atomic E-state index is 12.3. The lowest BCUT2D eigenvalue weighted by Gasteiger charge is -2.16. The minimum absolute atomic E-state index is 0.151. The molecule has 0 unspecified atom stereocenters. The summed E-state index contributed by atoms with van der Waals surface area (Å²) in [5.74, 6) is 0.471. The van der Waals surface area contributed by atoms with Crippen molar-refractivity contribution in [1.82, 2.24) is 14.9 Å². The minimum Gasteiger partial charge on any atom is -0.365 e. The van der Waals surface area contributed by atoms with Crippen LogP contribution in [0.4, 0.5) is 5.82 Å². The number of aromatic nitrogens is 2. The molecule has 0 saturated heterocycles. The van der Waals surface area contributed by atoms with Crippen LogP contribution >= 0.6 is 0 Å². The van der Waals surface area contributed by atoms with E-state index in [-0.39, 0.29) is 5.91 Å². The van der Waals surface area contributed by atoms with Gasteiger partial charge in [0.2, 0.25) is 0 Å². The number of nitrogens with zero attached hydrogens (tertiary/aromatic N) is 3. The number of hydrogen-bond acceptors (Lipinski definition) is 4. The van der Waals surface area contributed by atoms with Gasteiger partial charge in [0.05, 0.1) is 12.4 Å². The smallest absolute Gasteiger partial charge is 0.274 e. The van der Waals surface area contributed by atoms with Gasteiger partial charge in [-0.1, -0.05) is 36.4 Å². The number of carbonyl (C=O) groups is 1. The zero-order valence-electron chi connectivity index (χ0n) is 12.0. The Morgan fingerprint density at radius 1 is 1.29 bits per heavy atom. The molecule has 0 spiro atoms. The molecule has 1 aromatic heterocycles. The summed E-state index contributed by atoms with van der Waals surface area (Å²) in [5, 5.41) is 3.01. The molecule has 5 heteroatoms. The van der Waals surface area contributed by atoms with Crippen molar-refractivity contribution in [3.8, 4) is 0 Å². The average Bonchev–Trinajstić information content (AvgIpc) is 2.53. The number of benzene rings is 1. The predicted octanol–water partition coefficient (Wildman–Crippen LogP) is 2.35. The van der Waals surface area contributed by atoms with E-state index in [1.807, 2.05) is 30.3 Å². The van der Waals surface area contributed by atoms with Crippen molar-refractivity contribution in [2.24, 2.45) is 0 Å². The fourth-order valence-corrected chi connectivity index (χ4v) is 1.83. The second-order valence-electron chi connectivity index (χ2n) is 4.60. The van der Waals surface area contributed by atoms with Crippen molar-refractivity contribution in [3.63, 3.8) is 0 Å². The van der Waals surface area contributed by atoms with E-state index in [0.717, 1.165) is 5.56 Å². The molecular formula is C16H18N4O. The second kappa shape index (κ2) is 7.19. The van der Waals surface area contributed by atoms with Crippen molar-refractivity contribution in [2.45, 2.75) is 6.54 Å². The fraction of sp³-hybridized carbons (Fsp3) is 0.188. The first kappa shape index (κ1) is 14.7. The molecule has 108 valence electrons. The Bertz CT molecular complexity index is 595. The van der Waals surface area contributed by atoms with Gasteiger partial charge in [0.25, 0.3) is 5.91 Å². The zero-order chi connectivity index (χ0) is 15.1. The molecule has 0 aliphatic heterocycles. The standard InChI is InChI=1S/C16H18N4O/c1-3-9-17-15-11-18-14(10-19-15)16(21)20(2)12-13-7-5-4-6-8-13/h3-8,10-11H,1,9,12H2,2H3,(H,17,19). The molecule has 1 amide bonds. The van der Waals surface area contributed by atoms with Gasteiger partial charge in [-0.3, -0.25) is 4.79 Å². The van der Waals surface area contributed by atoms with E-state index < -0.39 is 0 Å². The quantitative estimate of drug-likeness (QED) is 0.826. The third kappa shape index (κ3) is 4.14. The van der Waals surface area contributed by atoms with E-state index in [1.165, 1.54) is 6.20 Å². The molecule has 1 N–H and O–H groups in total. The maximum atomic E-state index is 12.3. The SMILES string of the molecule is C=CCNc1cnc(C(=O)N(C)Cc2ccccc2)cn1. The molecule has 1 heterocycles. The van der Waals surface area contributed by atoms with Gasteiger partial charge < -0.3 is 10.2 Å². The van der Waals surface area contributed by atoms with Crippen LogP contribution in [0, 0.1) is 0 Å². The molecule has 0 aliphatic carbocycles. The Labute approximate surface area is 124 Å². The summed E-state index contributed by atoms with van der Waals surface area (Å²) in [6.07, 6.45) is 4.76. The molecule has 0 radical (unpaired) electrons. The molecule has 2 rings (SSSR count). The summed E-state index contributed by atoms with van der Waals surface area (Å²) in [6, 6.07) is 9.82. The topological polar surface area (TPSA) is 58.1 Å². The summed E-state index contributed by atoms with van der Waals surface area (Å²) in [6.45, 7) is 4.76. The van der Waals surface area contributed by atoms with Crippen molar-refractivity contribution >= 4 is 11.7 Å². The molecule has 21 heavy (non-hydrogen) atoms. The van der Waals surface area contributed by atoms with Gasteiger partial charge in [-0.2, -0.15) is 0 Å². The lowest BCUT2D eigenvalue weighted by molar-refractivity contribution is 0.0779. The first-order valence-electron chi connectivity index (χ1n) is 6.67. The molecule has 0 aliphatic rings. The molecule has 5 nitrogen and oxygen atoms in total. The zero-order valence-corrected chi connectivity index (χ0v) is 12.0. The Kier molecular flexibility index (Phi) is 5.04. The van der Waals surface area contributed by atoms with Crippen LogP contribution in [0.15, 0.2) is 55.4 Å². The van der Waals surface area contributed by atoms with E-state index in [0.29, 0.717) is 24.6 Å². The molecule has 0 saturated carbocycles. The normalized spacial score (nSPS) is 9.95. The van der Waals surface area contributed by atoms with Crippen LogP contribution in [0.3, 0.4) is 0 Å². The highest BCUT2D eigenvalue weighted by Crippen LogP contribution is 2.07. The lowest BCUT2D eigenvalue weighted by atomic mass is 10.2. The molecule has 0 fully saturated rings. The highest BCUT2D eigenvalue weighted by atomic mass is 16.2. The van der Waals surface area contributed by atoms with E-state index in [1.54, 1.807) is 24.2 Å². The Hall–Kier alpha value is -2.69. The van der Waals surface area contributed by atoms with Gasteiger partial charge in [-0.25, -0.2) is 9.97 Å². The van der Waals surface area contributed by atoms with Crippen LogP contribution in [0.1, 0.15) is 16.1 Å². The summed E-state index contributed by atoms with van der Waals surface area (Å²) in [5.41, 5.74) is 1.41. The summed E-state index contributed by atoms with van der Waals surface area (Å²) in [7, 11) is 1.75.